The number of anilines is 1. The molecule has 1 aromatic rings. The van der Waals surface area contributed by atoms with Crippen molar-refractivity contribution in [3.8, 4) is 5.75 Å². The molecule has 1 atom stereocenters. The number of halogens is 1. The second-order valence-corrected chi connectivity index (χ2v) is 4.42. The van der Waals surface area contributed by atoms with Crippen molar-refractivity contribution in [2.45, 2.75) is 18.7 Å². The number of aromatic hydroxyl groups is 1. The Balaban J connectivity index is 2.37. The molecule has 1 fully saturated rings. The third-order valence-corrected chi connectivity index (χ3v) is 2.79. The van der Waals surface area contributed by atoms with Crippen molar-refractivity contribution in [1.82, 2.24) is 0 Å². The van der Waals surface area contributed by atoms with Crippen molar-refractivity contribution >= 4 is 23.2 Å². The first kappa shape index (κ1) is 10.3. The minimum Gasteiger partial charge on any atom is -0.506 e. The van der Waals surface area contributed by atoms with Gasteiger partial charge in [0, 0.05) is 13.0 Å². The number of aryl methyl sites for hydroxylation is 1. The largest absolute Gasteiger partial charge is 0.506 e. The Kier molecular flexibility index (Phi) is 2.57. The van der Waals surface area contributed by atoms with Crippen LogP contribution in [0.2, 0.25) is 0 Å². The number of nitrogens with zero attached hydrogens (tertiary/aromatic N) is 1. The Morgan fingerprint density at radius 2 is 2.27 bits per heavy atom. The summed E-state index contributed by atoms with van der Waals surface area (Å²) in [7, 11) is 0. The summed E-state index contributed by atoms with van der Waals surface area (Å²) < 4.78 is 0. The number of benzene rings is 1. The van der Waals surface area contributed by atoms with Gasteiger partial charge in [-0.3, -0.25) is 4.79 Å². The molecule has 1 unspecified atom stereocenters. The molecule has 2 rings (SSSR count). The quantitative estimate of drug-likeness (QED) is 0.744. The van der Waals surface area contributed by atoms with E-state index in [0.29, 0.717) is 18.7 Å². The molecule has 0 aromatic heterocycles. The van der Waals surface area contributed by atoms with Gasteiger partial charge in [-0.05, 0) is 24.6 Å². The van der Waals surface area contributed by atoms with Gasteiger partial charge in [0.1, 0.15) is 5.75 Å². The third-order valence-electron chi connectivity index (χ3n) is 2.50. The molecule has 0 radical (unpaired) electrons. The van der Waals surface area contributed by atoms with Crippen LogP contribution in [0.1, 0.15) is 12.0 Å². The predicted octanol–water partition coefficient (Wildman–Crippen LogP) is 2.04. The zero-order valence-electron chi connectivity index (χ0n) is 8.40. The molecule has 1 saturated heterocycles. The average molecular weight is 226 g/mol. The van der Waals surface area contributed by atoms with Crippen LogP contribution in [0.5, 0.6) is 5.75 Å². The summed E-state index contributed by atoms with van der Waals surface area (Å²) in [4.78, 5) is 13.1. The number of carbonyl (C=O) groups is 1. The first-order valence-corrected chi connectivity index (χ1v) is 5.25. The Morgan fingerprint density at radius 1 is 1.53 bits per heavy atom. The molecule has 1 aliphatic heterocycles. The fourth-order valence-electron chi connectivity index (χ4n) is 1.75. The lowest BCUT2D eigenvalue weighted by Gasteiger charge is -2.17. The fraction of sp³-hybridized carbons (Fsp3) is 0.364. The Morgan fingerprint density at radius 3 is 2.87 bits per heavy atom. The lowest BCUT2D eigenvalue weighted by atomic mass is 10.2. The van der Waals surface area contributed by atoms with Gasteiger partial charge in [0.2, 0.25) is 5.91 Å². The molecule has 1 N–H and O–H groups in total. The smallest absolute Gasteiger partial charge is 0.228 e. The number of hydrogen-bond acceptors (Lipinski definition) is 2. The van der Waals surface area contributed by atoms with E-state index in [0.717, 1.165) is 5.56 Å². The van der Waals surface area contributed by atoms with Crippen LogP contribution in [0.15, 0.2) is 18.2 Å². The van der Waals surface area contributed by atoms with E-state index in [4.69, 9.17) is 11.6 Å². The summed E-state index contributed by atoms with van der Waals surface area (Å²) in [6, 6.07) is 5.19. The summed E-state index contributed by atoms with van der Waals surface area (Å²) in [5.74, 6) is 0.0932. The molecule has 0 spiro atoms. The number of alkyl halides is 1. The van der Waals surface area contributed by atoms with Gasteiger partial charge in [-0.1, -0.05) is 6.07 Å². The minimum atomic E-state index is -0.155. The first-order chi connectivity index (χ1) is 7.08. The SMILES string of the molecule is Cc1ccc(O)c(N2CC(Cl)CC2=O)c1. The molecule has 1 aliphatic rings. The van der Waals surface area contributed by atoms with Gasteiger partial charge in [0.05, 0.1) is 11.1 Å². The summed E-state index contributed by atoms with van der Waals surface area (Å²) >= 11 is 5.90. The van der Waals surface area contributed by atoms with E-state index in [2.05, 4.69) is 0 Å². The topological polar surface area (TPSA) is 40.5 Å². The molecule has 80 valence electrons. The van der Waals surface area contributed by atoms with E-state index in [9.17, 15) is 9.90 Å². The van der Waals surface area contributed by atoms with Crippen molar-refractivity contribution in [1.29, 1.82) is 0 Å². The summed E-state index contributed by atoms with van der Waals surface area (Å²) in [5, 5.41) is 9.51. The molecular formula is C11H12ClNO2. The third kappa shape index (κ3) is 1.92. The van der Waals surface area contributed by atoms with Crippen molar-refractivity contribution in [3.63, 3.8) is 0 Å². The summed E-state index contributed by atoms with van der Waals surface area (Å²) in [6.45, 7) is 2.39. The van der Waals surface area contributed by atoms with E-state index >= 15 is 0 Å². The van der Waals surface area contributed by atoms with E-state index in [1.807, 2.05) is 6.92 Å². The lowest BCUT2D eigenvalue weighted by Crippen LogP contribution is -2.24. The second-order valence-electron chi connectivity index (χ2n) is 3.80. The Hall–Kier alpha value is -1.22. The van der Waals surface area contributed by atoms with Crippen LogP contribution in [0, 0.1) is 6.92 Å². The van der Waals surface area contributed by atoms with Crippen LogP contribution < -0.4 is 4.90 Å². The van der Waals surface area contributed by atoms with Crippen LogP contribution in [-0.4, -0.2) is 22.9 Å². The standard InChI is InChI=1S/C11H12ClNO2/c1-7-2-3-10(14)9(4-7)13-6-8(12)5-11(13)15/h2-4,8,14H,5-6H2,1H3. The average Bonchev–Trinajstić information content (AvgIpc) is 2.50. The normalized spacial score (nSPS) is 21.1. The van der Waals surface area contributed by atoms with E-state index in [1.54, 1.807) is 23.1 Å². The molecule has 1 heterocycles. The molecule has 3 nitrogen and oxygen atoms in total. The van der Waals surface area contributed by atoms with Crippen molar-refractivity contribution < 1.29 is 9.90 Å². The van der Waals surface area contributed by atoms with Gasteiger partial charge in [-0.25, -0.2) is 0 Å². The Labute approximate surface area is 93.3 Å². The molecule has 15 heavy (non-hydrogen) atoms. The lowest BCUT2D eigenvalue weighted by molar-refractivity contribution is -0.117. The molecule has 0 aliphatic carbocycles. The molecule has 1 aromatic carbocycles. The Bertz CT molecular complexity index is 406. The summed E-state index contributed by atoms with van der Waals surface area (Å²) in [6.07, 6.45) is 0.342. The van der Waals surface area contributed by atoms with Gasteiger partial charge in [-0.2, -0.15) is 0 Å². The maximum atomic E-state index is 11.6. The number of hydrogen-bond donors (Lipinski definition) is 1. The minimum absolute atomic E-state index is 0.0316. The van der Waals surface area contributed by atoms with Crippen LogP contribution in [-0.2, 0) is 4.79 Å². The molecule has 1 amide bonds. The predicted molar refractivity (Wildman–Crippen MR) is 59.5 cm³/mol. The number of amides is 1. The van der Waals surface area contributed by atoms with E-state index in [-0.39, 0.29) is 17.0 Å². The van der Waals surface area contributed by atoms with Crippen molar-refractivity contribution in [2.75, 3.05) is 11.4 Å². The van der Waals surface area contributed by atoms with Crippen LogP contribution in [0.25, 0.3) is 0 Å². The molecule has 0 bridgehead atoms. The number of rotatable bonds is 1. The highest BCUT2D eigenvalue weighted by Crippen LogP contribution is 2.32. The van der Waals surface area contributed by atoms with Gasteiger partial charge in [0.15, 0.2) is 0 Å². The molecule has 0 saturated carbocycles. The van der Waals surface area contributed by atoms with Gasteiger partial charge in [0.25, 0.3) is 0 Å². The van der Waals surface area contributed by atoms with E-state index in [1.165, 1.54) is 0 Å². The maximum Gasteiger partial charge on any atom is 0.228 e. The highest BCUT2D eigenvalue weighted by molar-refractivity contribution is 6.24. The van der Waals surface area contributed by atoms with Crippen molar-refractivity contribution in [3.05, 3.63) is 23.8 Å². The van der Waals surface area contributed by atoms with Gasteiger partial charge >= 0.3 is 0 Å². The highest BCUT2D eigenvalue weighted by Gasteiger charge is 2.30. The fourth-order valence-corrected chi connectivity index (χ4v) is 2.02. The molecular weight excluding hydrogens is 214 g/mol. The number of carbonyl (C=O) groups excluding carboxylic acids is 1. The van der Waals surface area contributed by atoms with Crippen LogP contribution in [0.3, 0.4) is 0 Å². The first-order valence-electron chi connectivity index (χ1n) is 4.82. The zero-order valence-corrected chi connectivity index (χ0v) is 9.16. The van der Waals surface area contributed by atoms with Gasteiger partial charge < -0.3 is 10.0 Å². The maximum absolute atomic E-state index is 11.6. The van der Waals surface area contributed by atoms with Crippen LogP contribution in [0.4, 0.5) is 5.69 Å². The number of phenols is 1. The van der Waals surface area contributed by atoms with Crippen molar-refractivity contribution in [2.24, 2.45) is 0 Å². The second kappa shape index (κ2) is 3.74. The summed E-state index contributed by atoms with van der Waals surface area (Å²) in [5.41, 5.74) is 1.57. The highest BCUT2D eigenvalue weighted by atomic mass is 35.5. The molecule has 4 heteroatoms. The van der Waals surface area contributed by atoms with E-state index < -0.39 is 0 Å². The van der Waals surface area contributed by atoms with Gasteiger partial charge in [-0.15, -0.1) is 11.6 Å². The monoisotopic (exact) mass is 225 g/mol. The zero-order chi connectivity index (χ0) is 11.0. The van der Waals surface area contributed by atoms with Crippen LogP contribution >= 0.6 is 11.6 Å². The number of phenolic OH excluding ortho intramolecular Hbond substituents is 1.